The van der Waals surface area contributed by atoms with Gasteiger partial charge in [0, 0.05) is 0 Å². The Morgan fingerprint density at radius 2 is 1.73 bits per heavy atom. The quantitative estimate of drug-likeness (QED) is 0.505. The van der Waals surface area contributed by atoms with Gasteiger partial charge in [-0.15, -0.1) is 0 Å². The number of hydrogen-bond acceptors (Lipinski definition) is 4. The van der Waals surface area contributed by atoms with Crippen LogP contribution in [-0.2, 0) is 0 Å². The Labute approximate surface area is 130 Å². The van der Waals surface area contributed by atoms with Crippen molar-refractivity contribution in [3.63, 3.8) is 0 Å². The Morgan fingerprint density at radius 3 is 2.07 bits per heavy atom. The van der Waals surface area contributed by atoms with Gasteiger partial charge in [0.2, 0.25) is 0 Å². The zero-order chi connectivity index (χ0) is 10.0. The number of aromatic carboxylic acids is 2. The van der Waals surface area contributed by atoms with Crippen molar-refractivity contribution in [1.29, 1.82) is 0 Å². The number of hydrogen-bond donors (Lipinski definition) is 1. The first-order valence-electron chi connectivity index (χ1n) is 3.28. The number of rotatable bonds is 2. The summed E-state index contributed by atoms with van der Waals surface area (Å²) >= 11 is 0. The van der Waals surface area contributed by atoms with E-state index in [0.29, 0.717) is 0 Å². The zero-order valence-corrected chi connectivity index (χ0v) is 12.3. The molecule has 15 heavy (non-hydrogen) atoms. The van der Waals surface area contributed by atoms with E-state index in [-0.39, 0.29) is 64.7 Å². The molecule has 0 aliphatic carbocycles. The summed E-state index contributed by atoms with van der Waals surface area (Å²) in [4.78, 5) is 20.6. The van der Waals surface area contributed by atoms with Gasteiger partial charge in [0.05, 0.1) is 11.5 Å². The van der Waals surface area contributed by atoms with Gasteiger partial charge in [0.15, 0.2) is 0 Å². The summed E-state index contributed by atoms with van der Waals surface area (Å²) in [5.74, 6) is -3.72. The monoisotopic (exact) mass is 226 g/mol. The number of carbonyl (C=O) groups is 2. The van der Waals surface area contributed by atoms with Crippen LogP contribution in [0, 0.1) is 0 Å². The van der Waals surface area contributed by atoms with Crippen molar-refractivity contribution in [2.24, 2.45) is 0 Å². The second-order valence-electron chi connectivity index (χ2n) is 2.30. The van der Waals surface area contributed by atoms with Gasteiger partial charge < -0.3 is 20.1 Å². The van der Waals surface area contributed by atoms with Crippen LogP contribution in [0.15, 0.2) is 18.2 Å². The molecule has 1 aromatic carbocycles. The fraction of sp³-hybridized carbons (Fsp3) is 0. The van der Waals surface area contributed by atoms with Crippen molar-refractivity contribution in [1.82, 2.24) is 0 Å². The van der Waals surface area contributed by atoms with Gasteiger partial charge in [-0.25, -0.2) is 4.79 Å². The summed E-state index contributed by atoms with van der Waals surface area (Å²) < 4.78 is 0. The van der Waals surface area contributed by atoms with Crippen LogP contribution < -0.4 is 69.3 Å². The molecule has 0 spiro atoms. The van der Waals surface area contributed by atoms with E-state index in [4.69, 9.17) is 5.11 Å². The minimum Gasteiger partial charge on any atom is -0.872 e. The number of carboxylic acid groups (broad SMARTS) is 2. The largest absolute Gasteiger partial charge is 1.00 e. The Balaban J connectivity index is 0. The molecule has 1 rings (SSSR count). The Kier molecular flexibility index (Phi) is 8.41. The Bertz CT molecular complexity index is 377. The van der Waals surface area contributed by atoms with Crippen molar-refractivity contribution >= 4 is 11.9 Å². The maximum absolute atomic E-state index is 10.9. The third-order valence-electron chi connectivity index (χ3n) is 1.45. The minimum atomic E-state index is -1.51. The average molecular weight is 226 g/mol. The van der Waals surface area contributed by atoms with E-state index >= 15 is 0 Å². The van der Waals surface area contributed by atoms with E-state index in [1.54, 1.807) is 0 Å². The molecule has 5 nitrogen and oxygen atoms in total. The fourth-order valence-corrected chi connectivity index (χ4v) is 0.826. The van der Waals surface area contributed by atoms with Crippen LogP contribution in [0.4, 0.5) is 0 Å². The van der Waals surface area contributed by atoms with Gasteiger partial charge in [-0.3, -0.25) is 0 Å². The van der Waals surface area contributed by atoms with Gasteiger partial charge in [0.1, 0.15) is 0 Å². The summed E-state index contributed by atoms with van der Waals surface area (Å²) in [5, 5.41) is 29.6. The average Bonchev–Trinajstić information content (AvgIpc) is 2.03. The molecular formula is C8H4Na2O5. The molecule has 0 amide bonds. The van der Waals surface area contributed by atoms with Crippen molar-refractivity contribution in [3.05, 3.63) is 29.3 Å². The van der Waals surface area contributed by atoms with Crippen LogP contribution in [0.2, 0.25) is 0 Å². The topological polar surface area (TPSA) is 100 Å². The summed E-state index contributed by atoms with van der Waals surface area (Å²) in [6.07, 6.45) is 0. The van der Waals surface area contributed by atoms with Gasteiger partial charge in [-0.2, -0.15) is 0 Å². The van der Waals surface area contributed by atoms with Gasteiger partial charge in [-0.05, 0) is 11.6 Å². The van der Waals surface area contributed by atoms with E-state index in [1.165, 1.54) is 0 Å². The zero-order valence-electron chi connectivity index (χ0n) is 8.31. The van der Waals surface area contributed by atoms with Crippen molar-refractivity contribution in [3.8, 4) is 5.75 Å². The number of carbonyl (C=O) groups excluding carboxylic acids is 1. The van der Waals surface area contributed by atoms with Crippen LogP contribution in [-0.4, -0.2) is 17.0 Å². The predicted molar refractivity (Wildman–Crippen MR) is 37.2 cm³/mol. The molecule has 0 bridgehead atoms. The molecule has 0 unspecified atom stereocenters. The summed E-state index contributed by atoms with van der Waals surface area (Å²) in [7, 11) is 0. The van der Waals surface area contributed by atoms with E-state index in [1.807, 2.05) is 0 Å². The third kappa shape index (κ3) is 4.55. The second-order valence-corrected chi connectivity index (χ2v) is 2.30. The SMILES string of the molecule is O=C([O-])c1ccc(C(=O)O)c([O-])c1.[Na+].[Na+]. The Hall–Kier alpha value is -0.0400. The van der Waals surface area contributed by atoms with Gasteiger partial charge in [0.25, 0.3) is 0 Å². The Morgan fingerprint density at radius 1 is 1.20 bits per heavy atom. The molecule has 0 heterocycles. The molecule has 7 heteroatoms. The van der Waals surface area contributed by atoms with Crippen LogP contribution in [0.5, 0.6) is 5.75 Å². The van der Waals surface area contributed by atoms with Crippen LogP contribution >= 0.6 is 0 Å². The first kappa shape index (κ1) is 17.4. The molecule has 0 fully saturated rings. The van der Waals surface area contributed by atoms with Gasteiger partial charge >= 0.3 is 65.1 Å². The maximum atomic E-state index is 10.9. The van der Waals surface area contributed by atoms with E-state index in [0.717, 1.165) is 18.2 Å². The molecule has 1 aromatic rings. The molecule has 0 atom stereocenters. The van der Waals surface area contributed by atoms with Crippen molar-refractivity contribution in [2.75, 3.05) is 0 Å². The van der Waals surface area contributed by atoms with Crippen molar-refractivity contribution in [2.45, 2.75) is 0 Å². The molecule has 0 radical (unpaired) electrons. The molecule has 0 saturated carbocycles. The molecule has 1 N–H and O–H groups in total. The molecule has 0 aromatic heterocycles. The molecule has 68 valence electrons. The fourth-order valence-electron chi connectivity index (χ4n) is 0.826. The molecular weight excluding hydrogens is 222 g/mol. The van der Waals surface area contributed by atoms with E-state index in [9.17, 15) is 19.8 Å². The number of carboxylic acids is 2. The minimum absolute atomic E-state index is 0. The normalized spacial score (nSPS) is 8.27. The van der Waals surface area contributed by atoms with E-state index in [2.05, 4.69) is 0 Å². The maximum Gasteiger partial charge on any atom is 1.00 e. The second kappa shape index (κ2) is 7.27. The predicted octanol–water partition coefficient (Wildman–Crippen LogP) is -7.17. The standard InChI is InChI=1S/C8H6O5.2Na/c9-6-3-4(7(10)11)1-2-5(6)8(12)13;;/h1-3,9H,(H,10,11)(H,12,13);;/q;2*+1/p-2. The summed E-state index contributed by atoms with van der Waals surface area (Å²) in [6, 6.07) is 2.68. The first-order chi connectivity index (χ1) is 6.02. The van der Waals surface area contributed by atoms with E-state index < -0.39 is 23.3 Å². The van der Waals surface area contributed by atoms with Crippen molar-refractivity contribution < 1.29 is 84.0 Å². The van der Waals surface area contributed by atoms with Crippen LogP contribution in [0.3, 0.4) is 0 Å². The first-order valence-corrected chi connectivity index (χ1v) is 3.28. The molecule has 0 aliphatic heterocycles. The summed E-state index contributed by atoms with van der Waals surface area (Å²) in [5.41, 5.74) is -0.778. The number of benzene rings is 1. The van der Waals surface area contributed by atoms with Crippen LogP contribution in [0.1, 0.15) is 20.7 Å². The molecule has 0 aliphatic rings. The smallest absolute Gasteiger partial charge is 0.872 e. The van der Waals surface area contributed by atoms with Crippen LogP contribution in [0.25, 0.3) is 0 Å². The summed E-state index contributed by atoms with van der Waals surface area (Å²) in [6.45, 7) is 0. The van der Waals surface area contributed by atoms with Gasteiger partial charge in [-0.1, -0.05) is 17.9 Å². The molecule has 0 saturated heterocycles. The third-order valence-corrected chi connectivity index (χ3v) is 1.45.